The van der Waals surface area contributed by atoms with Crippen molar-refractivity contribution in [3.8, 4) is 5.75 Å². The van der Waals surface area contributed by atoms with Crippen LogP contribution in [0.5, 0.6) is 5.75 Å². The van der Waals surface area contributed by atoms with E-state index < -0.39 is 0 Å². The fourth-order valence-electron chi connectivity index (χ4n) is 2.92. The first kappa shape index (κ1) is 11.6. The summed E-state index contributed by atoms with van der Waals surface area (Å²) in [5, 5.41) is 1.18. The van der Waals surface area contributed by atoms with Crippen LogP contribution < -0.4 is 10.5 Å². The number of nitrogens with zero attached hydrogens (tertiary/aromatic N) is 1. The SMILES string of the molecule is COc1cccc2c1c(C(N)C1CCC1)cn2C. The summed E-state index contributed by atoms with van der Waals surface area (Å²) >= 11 is 0. The lowest BCUT2D eigenvalue weighted by atomic mass is 9.77. The summed E-state index contributed by atoms with van der Waals surface area (Å²) in [6, 6.07) is 6.30. The molecule has 0 spiro atoms. The van der Waals surface area contributed by atoms with Gasteiger partial charge in [0.2, 0.25) is 0 Å². The minimum absolute atomic E-state index is 0.138. The van der Waals surface area contributed by atoms with Crippen molar-refractivity contribution in [3.63, 3.8) is 0 Å². The van der Waals surface area contributed by atoms with E-state index in [0.717, 1.165) is 5.75 Å². The Morgan fingerprint density at radius 1 is 1.39 bits per heavy atom. The van der Waals surface area contributed by atoms with Crippen molar-refractivity contribution in [2.45, 2.75) is 25.3 Å². The first-order chi connectivity index (χ1) is 8.72. The molecule has 1 heterocycles. The van der Waals surface area contributed by atoms with E-state index in [1.807, 2.05) is 12.1 Å². The number of rotatable bonds is 3. The molecule has 3 heteroatoms. The van der Waals surface area contributed by atoms with Crippen LogP contribution in [-0.2, 0) is 7.05 Å². The highest BCUT2D eigenvalue weighted by Crippen LogP contribution is 2.41. The quantitative estimate of drug-likeness (QED) is 0.901. The van der Waals surface area contributed by atoms with Crippen molar-refractivity contribution in [1.82, 2.24) is 4.57 Å². The molecule has 1 saturated carbocycles. The Morgan fingerprint density at radius 2 is 2.17 bits per heavy atom. The standard InChI is InChI=1S/C15H20N2O/c1-17-9-11(15(16)10-5-3-6-10)14-12(17)7-4-8-13(14)18-2/h4,7-10,15H,3,5-6,16H2,1-2H3. The average molecular weight is 244 g/mol. The van der Waals surface area contributed by atoms with Gasteiger partial charge < -0.3 is 15.0 Å². The van der Waals surface area contributed by atoms with E-state index in [1.165, 1.54) is 35.7 Å². The average Bonchev–Trinajstić information content (AvgIpc) is 2.65. The van der Waals surface area contributed by atoms with Crippen LogP contribution in [0.3, 0.4) is 0 Å². The maximum Gasteiger partial charge on any atom is 0.128 e. The van der Waals surface area contributed by atoms with Crippen LogP contribution in [-0.4, -0.2) is 11.7 Å². The van der Waals surface area contributed by atoms with Crippen molar-refractivity contribution >= 4 is 10.9 Å². The van der Waals surface area contributed by atoms with Crippen LogP contribution in [0.25, 0.3) is 10.9 Å². The number of benzene rings is 1. The molecule has 1 aliphatic rings. The second kappa shape index (κ2) is 4.32. The third-order valence-corrected chi connectivity index (χ3v) is 4.24. The van der Waals surface area contributed by atoms with Gasteiger partial charge in [-0.15, -0.1) is 0 Å². The van der Waals surface area contributed by atoms with Crippen LogP contribution >= 0.6 is 0 Å². The van der Waals surface area contributed by atoms with Gasteiger partial charge in [0.05, 0.1) is 12.6 Å². The molecule has 1 aliphatic carbocycles. The third kappa shape index (κ3) is 1.62. The molecule has 2 N–H and O–H groups in total. The molecule has 3 nitrogen and oxygen atoms in total. The summed E-state index contributed by atoms with van der Waals surface area (Å²) < 4.78 is 7.64. The van der Waals surface area contributed by atoms with Crippen LogP contribution in [0.15, 0.2) is 24.4 Å². The fourth-order valence-corrected chi connectivity index (χ4v) is 2.92. The summed E-state index contributed by atoms with van der Waals surface area (Å²) in [6.07, 6.45) is 6.00. The number of hydrogen-bond acceptors (Lipinski definition) is 2. The molecule has 1 unspecified atom stereocenters. The lowest BCUT2D eigenvalue weighted by Gasteiger charge is -2.31. The Hall–Kier alpha value is -1.48. The van der Waals surface area contributed by atoms with E-state index in [0.29, 0.717) is 5.92 Å². The summed E-state index contributed by atoms with van der Waals surface area (Å²) in [5.74, 6) is 1.57. The van der Waals surface area contributed by atoms with Crippen molar-refractivity contribution in [1.29, 1.82) is 0 Å². The van der Waals surface area contributed by atoms with Crippen molar-refractivity contribution in [2.75, 3.05) is 7.11 Å². The zero-order chi connectivity index (χ0) is 12.7. The van der Waals surface area contributed by atoms with Gasteiger partial charge >= 0.3 is 0 Å². The van der Waals surface area contributed by atoms with Crippen LogP contribution in [0, 0.1) is 5.92 Å². The van der Waals surface area contributed by atoms with E-state index in [4.69, 9.17) is 10.5 Å². The van der Waals surface area contributed by atoms with Gasteiger partial charge in [-0.2, -0.15) is 0 Å². The van der Waals surface area contributed by atoms with E-state index in [1.54, 1.807) is 7.11 Å². The van der Waals surface area contributed by atoms with Gasteiger partial charge in [-0.25, -0.2) is 0 Å². The van der Waals surface area contributed by atoms with E-state index in [-0.39, 0.29) is 6.04 Å². The van der Waals surface area contributed by atoms with Crippen molar-refractivity contribution in [3.05, 3.63) is 30.0 Å². The topological polar surface area (TPSA) is 40.2 Å². The zero-order valence-electron chi connectivity index (χ0n) is 11.0. The van der Waals surface area contributed by atoms with Gasteiger partial charge in [-0.3, -0.25) is 0 Å². The summed E-state index contributed by atoms with van der Waals surface area (Å²) in [5.41, 5.74) is 8.86. The maximum absolute atomic E-state index is 6.43. The second-order valence-corrected chi connectivity index (χ2v) is 5.27. The largest absolute Gasteiger partial charge is 0.496 e. The number of aryl methyl sites for hydroxylation is 1. The molecule has 0 radical (unpaired) electrons. The van der Waals surface area contributed by atoms with Gasteiger partial charge in [-0.05, 0) is 36.5 Å². The van der Waals surface area contributed by atoms with Gasteiger partial charge in [-0.1, -0.05) is 12.5 Å². The third-order valence-electron chi connectivity index (χ3n) is 4.24. The van der Waals surface area contributed by atoms with Crippen molar-refractivity contribution < 1.29 is 4.74 Å². The van der Waals surface area contributed by atoms with Gasteiger partial charge in [0.25, 0.3) is 0 Å². The molecule has 0 amide bonds. The predicted molar refractivity (Wildman–Crippen MR) is 73.7 cm³/mol. The predicted octanol–water partition coefficient (Wildman–Crippen LogP) is 2.99. The summed E-state index contributed by atoms with van der Waals surface area (Å²) in [4.78, 5) is 0. The first-order valence-corrected chi connectivity index (χ1v) is 6.60. The fraction of sp³-hybridized carbons (Fsp3) is 0.467. The Morgan fingerprint density at radius 3 is 2.78 bits per heavy atom. The molecule has 18 heavy (non-hydrogen) atoms. The molecular formula is C15H20N2O. The van der Waals surface area contributed by atoms with E-state index in [2.05, 4.69) is 23.9 Å². The number of ether oxygens (including phenoxy) is 1. The van der Waals surface area contributed by atoms with Crippen LogP contribution in [0.1, 0.15) is 30.9 Å². The van der Waals surface area contributed by atoms with Gasteiger partial charge in [0.15, 0.2) is 0 Å². The van der Waals surface area contributed by atoms with Gasteiger partial charge in [0, 0.05) is 24.7 Å². The zero-order valence-corrected chi connectivity index (χ0v) is 11.0. The molecule has 0 bridgehead atoms. The smallest absolute Gasteiger partial charge is 0.128 e. The monoisotopic (exact) mass is 244 g/mol. The van der Waals surface area contributed by atoms with E-state index in [9.17, 15) is 0 Å². The highest BCUT2D eigenvalue weighted by Gasteiger charge is 2.28. The molecule has 0 saturated heterocycles. The molecule has 1 aromatic heterocycles. The molecule has 3 rings (SSSR count). The Balaban J connectivity index is 2.15. The van der Waals surface area contributed by atoms with E-state index >= 15 is 0 Å². The number of hydrogen-bond donors (Lipinski definition) is 1. The molecule has 1 fully saturated rings. The highest BCUT2D eigenvalue weighted by atomic mass is 16.5. The second-order valence-electron chi connectivity index (χ2n) is 5.27. The number of nitrogens with two attached hydrogens (primary N) is 1. The Labute approximate surface area is 108 Å². The minimum atomic E-state index is 0.138. The van der Waals surface area contributed by atoms with Crippen LogP contribution in [0.2, 0.25) is 0 Å². The summed E-state index contributed by atoms with van der Waals surface area (Å²) in [6.45, 7) is 0. The summed E-state index contributed by atoms with van der Waals surface area (Å²) in [7, 11) is 3.79. The molecule has 2 aromatic rings. The first-order valence-electron chi connectivity index (χ1n) is 6.60. The number of aromatic nitrogens is 1. The molecule has 0 aliphatic heterocycles. The molecule has 1 aromatic carbocycles. The lowest BCUT2D eigenvalue weighted by molar-refractivity contribution is 0.265. The maximum atomic E-state index is 6.43. The Bertz CT molecular complexity index is 569. The Kier molecular flexibility index (Phi) is 2.78. The number of methoxy groups -OCH3 is 1. The molecule has 1 atom stereocenters. The lowest BCUT2D eigenvalue weighted by Crippen LogP contribution is -2.26. The minimum Gasteiger partial charge on any atom is -0.496 e. The normalized spacial score (nSPS) is 17.7. The highest BCUT2D eigenvalue weighted by molar-refractivity contribution is 5.90. The van der Waals surface area contributed by atoms with Gasteiger partial charge in [0.1, 0.15) is 5.75 Å². The van der Waals surface area contributed by atoms with Crippen LogP contribution in [0.4, 0.5) is 0 Å². The number of fused-ring (bicyclic) bond motifs is 1. The molecular weight excluding hydrogens is 224 g/mol. The molecule has 96 valence electrons. The van der Waals surface area contributed by atoms with Crippen molar-refractivity contribution in [2.24, 2.45) is 18.7 Å².